The van der Waals surface area contributed by atoms with E-state index >= 15 is 0 Å². The molecular formula is C21H22N2O4S. The number of rotatable bonds is 3. The maximum absolute atomic E-state index is 12.9. The number of fused-ring (bicyclic) bond motifs is 2. The number of hydrogen-bond donors (Lipinski definition) is 1. The number of aryl methyl sites for hydroxylation is 2. The van der Waals surface area contributed by atoms with Gasteiger partial charge in [-0.1, -0.05) is 12.1 Å². The third-order valence-electron chi connectivity index (χ3n) is 5.15. The topological polar surface area (TPSA) is 75.7 Å². The van der Waals surface area contributed by atoms with E-state index < -0.39 is 5.97 Å². The Morgan fingerprint density at radius 1 is 1.25 bits per heavy atom. The molecule has 6 nitrogen and oxygen atoms in total. The molecule has 28 heavy (non-hydrogen) atoms. The van der Waals surface area contributed by atoms with E-state index in [2.05, 4.69) is 5.32 Å². The number of anilines is 2. The number of amides is 2. The van der Waals surface area contributed by atoms with Gasteiger partial charge in [-0.05, 0) is 56.4 Å². The predicted octanol–water partition coefficient (Wildman–Crippen LogP) is 3.55. The third kappa shape index (κ3) is 3.67. The molecule has 1 N–H and O–H groups in total. The highest BCUT2D eigenvalue weighted by molar-refractivity contribution is 7.14. The van der Waals surface area contributed by atoms with Crippen molar-refractivity contribution in [3.8, 4) is 0 Å². The minimum Gasteiger partial charge on any atom is -0.451 e. The fourth-order valence-corrected chi connectivity index (χ4v) is 4.97. The van der Waals surface area contributed by atoms with Crippen molar-refractivity contribution in [3.63, 3.8) is 0 Å². The molecular weight excluding hydrogens is 376 g/mol. The lowest BCUT2D eigenvalue weighted by atomic mass is 9.99. The molecule has 146 valence electrons. The van der Waals surface area contributed by atoms with Crippen molar-refractivity contribution in [2.45, 2.75) is 45.1 Å². The number of thiophene rings is 1. The molecule has 1 aromatic carbocycles. The molecule has 2 heterocycles. The van der Waals surface area contributed by atoms with Gasteiger partial charge in [0.25, 0.3) is 5.91 Å². The molecule has 0 fully saturated rings. The first-order valence-electron chi connectivity index (χ1n) is 9.52. The zero-order valence-electron chi connectivity index (χ0n) is 15.7. The van der Waals surface area contributed by atoms with E-state index in [4.69, 9.17) is 4.74 Å². The summed E-state index contributed by atoms with van der Waals surface area (Å²) in [4.78, 5) is 40.7. The summed E-state index contributed by atoms with van der Waals surface area (Å²) in [6.07, 6.45) is 4.50. The molecule has 2 amide bonds. The lowest BCUT2D eigenvalue weighted by molar-refractivity contribution is -0.122. The van der Waals surface area contributed by atoms with E-state index in [-0.39, 0.29) is 30.9 Å². The average molecular weight is 398 g/mol. The Bertz CT molecular complexity index is 913. The Hall–Kier alpha value is -2.67. The number of esters is 1. The number of nitrogens with one attached hydrogen (secondary N) is 1. The highest BCUT2D eigenvalue weighted by Crippen LogP contribution is 2.32. The van der Waals surface area contributed by atoms with Gasteiger partial charge in [-0.15, -0.1) is 11.3 Å². The molecule has 1 aliphatic carbocycles. The lowest BCUT2D eigenvalue weighted by Crippen LogP contribution is -2.41. The number of carbonyl (C=O) groups excluding carboxylic acids is 3. The van der Waals surface area contributed by atoms with Crippen LogP contribution in [0.2, 0.25) is 0 Å². The van der Waals surface area contributed by atoms with Crippen LogP contribution in [0.5, 0.6) is 0 Å². The first kappa shape index (κ1) is 18.7. The van der Waals surface area contributed by atoms with Crippen LogP contribution in [0.1, 0.15) is 46.3 Å². The van der Waals surface area contributed by atoms with Crippen LogP contribution in [0.15, 0.2) is 30.3 Å². The van der Waals surface area contributed by atoms with Crippen LogP contribution in [-0.2, 0) is 27.2 Å². The minimum atomic E-state index is -0.460. The summed E-state index contributed by atoms with van der Waals surface area (Å²) in [6.45, 7) is 1.46. The fraction of sp³-hybridized carbons (Fsp3) is 0.381. The molecule has 0 unspecified atom stereocenters. The number of para-hydroxylation sites is 2. The molecule has 1 aliphatic heterocycles. The molecule has 2 aliphatic rings. The Kier molecular flexibility index (Phi) is 5.17. The third-order valence-corrected chi connectivity index (χ3v) is 6.37. The number of benzene rings is 1. The Labute approximate surface area is 167 Å². The smallest absolute Gasteiger partial charge is 0.348 e. The summed E-state index contributed by atoms with van der Waals surface area (Å²) in [5, 5.41) is 2.82. The number of nitrogens with zero attached hydrogens (tertiary/aromatic N) is 1. The van der Waals surface area contributed by atoms with Crippen molar-refractivity contribution in [1.82, 2.24) is 0 Å². The highest BCUT2D eigenvalue weighted by Gasteiger charge is 2.30. The standard InChI is InChI=1S/C21H22N2O4S/c1-13-10-19(24)22-15-7-3-4-8-16(15)23(13)20(25)12-27-21(26)18-11-14-6-2-5-9-17(14)28-18/h3-4,7-8,11,13H,2,5-6,9-10,12H2,1H3,(H,22,24)/t13-/m1/s1. The van der Waals surface area contributed by atoms with Gasteiger partial charge in [-0.25, -0.2) is 4.79 Å². The van der Waals surface area contributed by atoms with Gasteiger partial charge in [-0.3, -0.25) is 9.59 Å². The second kappa shape index (κ2) is 7.75. The van der Waals surface area contributed by atoms with Crippen molar-refractivity contribution >= 4 is 40.5 Å². The molecule has 1 atom stereocenters. The van der Waals surface area contributed by atoms with Crippen LogP contribution in [0.4, 0.5) is 11.4 Å². The maximum atomic E-state index is 12.9. The molecule has 7 heteroatoms. The van der Waals surface area contributed by atoms with Crippen LogP contribution < -0.4 is 10.2 Å². The lowest BCUT2D eigenvalue weighted by Gasteiger charge is -2.27. The largest absolute Gasteiger partial charge is 0.451 e. The van der Waals surface area contributed by atoms with Crippen molar-refractivity contribution in [3.05, 3.63) is 45.6 Å². The second-order valence-electron chi connectivity index (χ2n) is 7.22. The molecule has 0 saturated heterocycles. The Morgan fingerprint density at radius 3 is 2.86 bits per heavy atom. The average Bonchev–Trinajstić information content (AvgIpc) is 3.06. The summed E-state index contributed by atoms with van der Waals surface area (Å²) in [6, 6.07) is 8.72. The van der Waals surface area contributed by atoms with E-state index in [1.165, 1.54) is 21.8 Å². The van der Waals surface area contributed by atoms with Crippen molar-refractivity contribution < 1.29 is 19.1 Å². The monoisotopic (exact) mass is 398 g/mol. The number of hydrogen-bond acceptors (Lipinski definition) is 5. The zero-order valence-corrected chi connectivity index (χ0v) is 16.5. The van der Waals surface area contributed by atoms with Crippen LogP contribution in [0.25, 0.3) is 0 Å². The van der Waals surface area contributed by atoms with Crippen LogP contribution in [0.3, 0.4) is 0 Å². The summed E-state index contributed by atoms with van der Waals surface area (Å²) < 4.78 is 5.33. The first-order valence-corrected chi connectivity index (χ1v) is 10.3. The molecule has 4 rings (SSSR count). The van der Waals surface area contributed by atoms with E-state index in [0.717, 1.165) is 25.7 Å². The van der Waals surface area contributed by atoms with E-state index in [9.17, 15) is 14.4 Å². The second-order valence-corrected chi connectivity index (χ2v) is 8.36. The zero-order chi connectivity index (χ0) is 19.7. The molecule has 2 aromatic rings. The van der Waals surface area contributed by atoms with Crippen LogP contribution in [0, 0.1) is 0 Å². The highest BCUT2D eigenvalue weighted by atomic mass is 32.1. The molecule has 0 radical (unpaired) electrons. The van der Waals surface area contributed by atoms with Gasteiger partial charge in [-0.2, -0.15) is 0 Å². The summed E-state index contributed by atoms with van der Waals surface area (Å²) >= 11 is 1.47. The van der Waals surface area contributed by atoms with E-state index in [1.807, 2.05) is 19.1 Å². The van der Waals surface area contributed by atoms with Gasteiger partial charge in [0.1, 0.15) is 4.88 Å². The van der Waals surface area contributed by atoms with Gasteiger partial charge >= 0.3 is 5.97 Å². The summed E-state index contributed by atoms with van der Waals surface area (Å²) in [7, 11) is 0. The van der Waals surface area contributed by atoms with Crippen LogP contribution >= 0.6 is 11.3 Å². The quantitative estimate of drug-likeness (QED) is 0.803. The molecule has 0 saturated carbocycles. The van der Waals surface area contributed by atoms with E-state index in [0.29, 0.717) is 16.3 Å². The summed E-state index contributed by atoms with van der Waals surface area (Å²) in [5.74, 6) is -0.944. The van der Waals surface area contributed by atoms with Gasteiger partial charge in [0.05, 0.1) is 11.4 Å². The Balaban J connectivity index is 1.48. The fourth-order valence-electron chi connectivity index (χ4n) is 3.83. The molecule has 0 bridgehead atoms. The minimum absolute atomic E-state index is 0.142. The van der Waals surface area contributed by atoms with Crippen molar-refractivity contribution in [1.29, 1.82) is 0 Å². The predicted molar refractivity (Wildman–Crippen MR) is 108 cm³/mol. The summed E-state index contributed by atoms with van der Waals surface area (Å²) in [5.41, 5.74) is 2.44. The van der Waals surface area contributed by atoms with Gasteiger partial charge in [0.2, 0.25) is 5.91 Å². The number of ether oxygens (including phenoxy) is 1. The van der Waals surface area contributed by atoms with Gasteiger partial charge in [0, 0.05) is 17.3 Å². The van der Waals surface area contributed by atoms with Crippen molar-refractivity contribution in [2.24, 2.45) is 0 Å². The molecule has 0 spiro atoms. The van der Waals surface area contributed by atoms with E-state index in [1.54, 1.807) is 23.1 Å². The normalized spacial score (nSPS) is 18.5. The maximum Gasteiger partial charge on any atom is 0.348 e. The van der Waals surface area contributed by atoms with Crippen molar-refractivity contribution in [2.75, 3.05) is 16.8 Å². The first-order chi connectivity index (χ1) is 13.5. The van der Waals surface area contributed by atoms with Crippen LogP contribution in [-0.4, -0.2) is 30.4 Å². The Morgan fingerprint density at radius 2 is 2.04 bits per heavy atom. The van der Waals surface area contributed by atoms with Gasteiger partial charge < -0.3 is 15.0 Å². The molecule has 1 aromatic heterocycles. The SMILES string of the molecule is C[C@@H]1CC(=O)Nc2ccccc2N1C(=O)COC(=O)c1cc2c(s1)CCCC2. The van der Waals surface area contributed by atoms with Gasteiger partial charge in [0.15, 0.2) is 6.61 Å². The number of carbonyl (C=O) groups is 3.